The maximum atomic E-state index is 11.2. The molecule has 26 heavy (non-hydrogen) atoms. The maximum absolute atomic E-state index is 11.2. The normalized spacial score (nSPS) is 11.1. The van der Waals surface area contributed by atoms with Crippen molar-refractivity contribution in [2.75, 3.05) is 6.61 Å². The molecule has 0 aromatic heterocycles. The number of carbonyl (C=O) groups is 1. The van der Waals surface area contributed by atoms with Crippen LogP contribution in [0, 0.1) is 0 Å². The van der Waals surface area contributed by atoms with Gasteiger partial charge in [-0.2, -0.15) is 0 Å². The third kappa shape index (κ3) is 20.3. The summed E-state index contributed by atoms with van der Waals surface area (Å²) in [5, 5.41) is 0. The summed E-state index contributed by atoms with van der Waals surface area (Å²) in [6, 6.07) is 1.19. The van der Waals surface area contributed by atoms with Gasteiger partial charge in [-0.1, -0.05) is 96.1 Å². The molecular weight excluding hydrogens is 383 g/mol. The van der Waals surface area contributed by atoms with Crippen LogP contribution < -0.4 is 0 Å². The van der Waals surface area contributed by atoms with Crippen molar-refractivity contribution in [3.05, 3.63) is 12.2 Å². The lowest BCUT2D eigenvalue weighted by molar-refractivity contribution is -0.139. The molecule has 0 rings (SSSR count). The summed E-state index contributed by atoms with van der Waals surface area (Å²) in [4.78, 5) is 11.2. The Kier molecular flexibility index (Phi) is 19.8. The minimum absolute atomic E-state index is 0.152. The van der Waals surface area contributed by atoms with Gasteiger partial charge in [0, 0.05) is 5.57 Å². The molecule has 0 spiro atoms. The molecule has 0 unspecified atom stereocenters. The van der Waals surface area contributed by atoms with Gasteiger partial charge in [-0.15, -0.1) is 23.2 Å². The predicted molar refractivity (Wildman–Crippen MR) is 116 cm³/mol. The van der Waals surface area contributed by atoms with Crippen molar-refractivity contribution in [2.45, 2.75) is 107 Å². The van der Waals surface area contributed by atoms with Gasteiger partial charge >= 0.3 is 5.97 Å². The Balaban J connectivity index is 3.07. The van der Waals surface area contributed by atoms with E-state index in [2.05, 4.69) is 6.58 Å². The Morgan fingerprint density at radius 1 is 0.808 bits per heavy atom. The topological polar surface area (TPSA) is 26.3 Å². The maximum Gasteiger partial charge on any atom is 0.333 e. The number of carbonyl (C=O) groups excluding carboxylic acids is 1. The molecule has 0 aliphatic rings. The second kappa shape index (κ2) is 19.8. The average molecular weight is 422 g/mol. The lowest BCUT2D eigenvalue weighted by Gasteiger charge is -2.05. The fourth-order valence-corrected chi connectivity index (χ4v) is 4.17. The third-order valence-corrected chi connectivity index (χ3v) is 6.33. The summed E-state index contributed by atoms with van der Waals surface area (Å²) in [5.41, 5.74) is 0.484. The van der Waals surface area contributed by atoms with E-state index < -0.39 is 0 Å². The van der Waals surface area contributed by atoms with Gasteiger partial charge < -0.3 is 4.74 Å². The molecule has 0 aromatic carbocycles. The average Bonchev–Trinajstić information content (AvgIpc) is 2.60. The van der Waals surface area contributed by atoms with E-state index in [1.54, 1.807) is 6.92 Å². The summed E-state index contributed by atoms with van der Waals surface area (Å²) in [7, 11) is 0.705. The van der Waals surface area contributed by atoms with Crippen LogP contribution in [-0.4, -0.2) is 26.6 Å². The van der Waals surface area contributed by atoms with Gasteiger partial charge in [-0.3, -0.25) is 0 Å². The van der Waals surface area contributed by atoms with Crippen LogP contribution in [0.4, 0.5) is 0 Å². The standard InChI is InChI=1S/C21H38Cl2O2Si/c1-19(2)20(24)25-17-15-13-11-9-7-5-3-4-6-8-10-12-14-16-18-26-21(22)23/h21H,1,3-18H2,2H3. The Bertz CT molecular complexity index is 349. The zero-order valence-electron chi connectivity index (χ0n) is 16.7. The number of ether oxygens (including phenoxy) is 1. The minimum atomic E-state index is -0.263. The summed E-state index contributed by atoms with van der Waals surface area (Å²) < 4.78 is 4.93. The highest BCUT2D eigenvalue weighted by Gasteiger charge is 2.02. The van der Waals surface area contributed by atoms with Crippen molar-refractivity contribution in [2.24, 2.45) is 0 Å². The van der Waals surface area contributed by atoms with Crippen molar-refractivity contribution < 1.29 is 9.53 Å². The van der Waals surface area contributed by atoms with Crippen LogP contribution in [0.2, 0.25) is 6.04 Å². The van der Waals surface area contributed by atoms with E-state index >= 15 is 0 Å². The zero-order chi connectivity index (χ0) is 19.5. The monoisotopic (exact) mass is 420 g/mol. The van der Waals surface area contributed by atoms with E-state index in [9.17, 15) is 4.79 Å². The molecular formula is C21H38Cl2O2Si. The summed E-state index contributed by atoms with van der Waals surface area (Å²) in [6.07, 6.45) is 18.3. The SMILES string of the molecule is C=C(C)C(=O)OCCCCCCCCCCCCCCCC[Si]C(Cl)Cl. The quantitative estimate of drug-likeness (QED) is 0.0712. The molecule has 0 bridgehead atoms. The number of unbranched alkanes of at least 4 members (excludes halogenated alkanes) is 13. The van der Waals surface area contributed by atoms with E-state index in [-0.39, 0.29) is 10.4 Å². The van der Waals surface area contributed by atoms with Gasteiger partial charge in [0.2, 0.25) is 0 Å². The van der Waals surface area contributed by atoms with E-state index in [1.807, 2.05) is 0 Å². The molecule has 0 fully saturated rings. The third-order valence-electron chi connectivity index (χ3n) is 4.45. The summed E-state index contributed by atoms with van der Waals surface area (Å²) in [6.45, 7) is 5.79. The zero-order valence-corrected chi connectivity index (χ0v) is 19.2. The number of hydrogen-bond donors (Lipinski definition) is 0. The van der Waals surface area contributed by atoms with Gasteiger partial charge in [0.1, 0.15) is 0 Å². The molecule has 2 nitrogen and oxygen atoms in total. The Labute approximate surface area is 174 Å². The van der Waals surface area contributed by atoms with Crippen LogP contribution in [0.15, 0.2) is 12.2 Å². The molecule has 0 aliphatic heterocycles. The summed E-state index contributed by atoms with van der Waals surface area (Å²) >= 11 is 11.5. The molecule has 0 atom stereocenters. The lowest BCUT2D eigenvalue weighted by Crippen LogP contribution is -2.05. The molecule has 0 saturated carbocycles. The fraction of sp³-hybridized carbons (Fsp3) is 0.857. The molecule has 0 heterocycles. The minimum Gasteiger partial charge on any atom is -0.462 e. The molecule has 0 aromatic rings. The van der Waals surface area contributed by atoms with E-state index in [1.165, 1.54) is 83.1 Å². The number of halogens is 2. The number of alkyl halides is 2. The van der Waals surface area contributed by atoms with Gasteiger partial charge in [0.15, 0.2) is 0 Å². The van der Waals surface area contributed by atoms with E-state index in [0.29, 0.717) is 21.7 Å². The number of esters is 1. The van der Waals surface area contributed by atoms with Crippen molar-refractivity contribution in [3.63, 3.8) is 0 Å². The Hall–Kier alpha value is 0.00688. The molecule has 5 heteroatoms. The first-order valence-electron chi connectivity index (χ1n) is 10.4. The predicted octanol–water partition coefficient (Wildman–Crippen LogP) is 7.45. The molecule has 0 amide bonds. The molecule has 0 aliphatic carbocycles. The first-order chi connectivity index (χ1) is 12.5. The van der Waals surface area contributed by atoms with Crippen LogP contribution in [0.25, 0.3) is 0 Å². The van der Waals surface area contributed by atoms with E-state index in [0.717, 1.165) is 12.8 Å². The summed E-state index contributed by atoms with van der Waals surface area (Å²) in [5.74, 6) is -0.263. The highest BCUT2D eigenvalue weighted by molar-refractivity contribution is 6.68. The number of hydrogen-bond acceptors (Lipinski definition) is 2. The Morgan fingerprint density at radius 3 is 1.58 bits per heavy atom. The van der Waals surface area contributed by atoms with Crippen LogP contribution in [0.5, 0.6) is 0 Å². The van der Waals surface area contributed by atoms with Gasteiger partial charge in [-0.05, 0) is 13.3 Å². The van der Waals surface area contributed by atoms with Crippen LogP contribution in [0.1, 0.15) is 96.8 Å². The molecule has 2 radical (unpaired) electrons. The molecule has 152 valence electrons. The fourth-order valence-electron chi connectivity index (χ4n) is 2.85. The first kappa shape index (κ1) is 26.0. The van der Waals surface area contributed by atoms with Crippen LogP contribution in [-0.2, 0) is 9.53 Å². The highest BCUT2D eigenvalue weighted by atomic mass is 35.5. The lowest BCUT2D eigenvalue weighted by atomic mass is 10.0. The van der Waals surface area contributed by atoms with Crippen LogP contribution in [0.3, 0.4) is 0 Å². The van der Waals surface area contributed by atoms with Gasteiger partial charge in [-0.25, -0.2) is 4.79 Å². The van der Waals surface area contributed by atoms with Crippen molar-refractivity contribution in [3.8, 4) is 0 Å². The van der Waals surface area contributed by atoms with Crippen LogP contribution >= 0.6 is 23.2 Å². The van der Waals surface area contributed by atoms with Gasteiger partial charge in [0.25, 0.3) is 0 Å². The highest BCUT2D eigenvalue weighted by Crippen LogP contribution is 2.14. The van der Waals surface area contributed by atoms with Crippen molar-refractivity contribution in [1.29, 1.82) is 0 Å². The molecule has 0 saturated heterocycles. The largest absolute Gasteiger partial charge is 0.462 e. The van der Waals surface area contributed by atoms with Crippen molar-refractivity contribution in [1.82, 2.24) is 0 Å². The second-order valence-corrected chi connectivity index (χ2v) is 10.4. The Morgan fingerprint density at radius 2 is 1.19 bits per heavy atom. The smallest absolute Gasteiger partial charge is 0.333 e. The first-order valence-corrected chi connectivity index (χ1v) is 12.5. The molecule has 0 N–H and O–H groups in total. The van der Waals surface area contributed by atoms with Crippen molar-refractivity contribution >= 4 is 38.7 Å². The van der Waals surface area contributed by atoms with E-state index in [4.69, 9.17) is 27.9 Å². The second-order valence-electron chi connectivity index (χ2n) is 7.12. The van der Waals surface area contributed by atoms with Gasteiger partial charge in [0.05, 0.1) is 20.6 Å². The number of rotatable bonds is 19.